The van der Waals surface area contributed by atoms with Crippen LogP contribution in [0.5, 0.6) is 0 Å². The van der Waals surface area contributed by atoms with Gasteiger partial charge in [0.1, 0.15) is 24.0 Å². The molecule has 1 N–H and O–H groups in total. The average Bonchev–Trinajstić information content (AvgIpc) is 3.29. The number of tetrazole rings is 1. The highest BCUT2D eigenvalue weighted by atomic mass is 19.3. The summed E-state index contributed by atoms with van der Waals surface area (Å²) >= 11 is 0. The average molecular weight is 438 g/mol. The van der Waals surface area contributed by atoms with Gasteiger partial charge in [0.15, 0.2) is 5.60 Å². The SMILES string of the molecule is OC(c1ccc(F)cc1F)(C(F)F)C(c1ccc(N2CCOCC2)cn1)n1cnnn1. The lowest BCUT2D eigenvalue weighted by Crippen LogP contribution is -2.45. The number of halogens is 4. The molecule has 2 unspecified atom stereocenters. The largest absolute Gasteiger partial charge is 0.378 e. The topological polar surface area (TPSA) is 89.2 Å². The number of nitrogens with zero attached hydrogens (tertiary/aromatic N) is 6. The first-order chi connectivity index (χ1) is 14.9. The number of ether oxygens (including phenoxy) is 1. The van der Waals surface area contributed by atoms with Crippen LogP contribution in [0.25, 0.3) is 0 Å². The molecule has 3 heterocycles. The quantitative estimate of drug-likeness (QED) is 0.589. The molecule has 0 amide bonds. The lowest BCUT2D eigenvalue weighted by Gasteiger charge is -2.35. The summed E-state index contributed by atoms with van der Waals surface area (Å²) in [6, 6.07) is 3.38. The van der Waals surface area contributed by atoms with Crippen molar-refractivity contribution < 1.29 is 27.4 Å². The van der Waals surface area contributed by atoms with E-state index >= 15 is 0 Å². The smallest absolute Gasteiger partial charge is 0.273 e. The lowest BCUT2D eigenvalue weighted by atomic mass is 9.84. The van der Waals surface area contributed by atoms with Gasteiger partial charge < -0.3 is 14.7 Å². The van der Waals surface area contributed by atoms with Crippen LogP contribution in [0.3, 0.4) is 0 Å². The highest BCUT2D eigenvalue weighted by Crippen LogP contribution is 2.43. The monoisotopic (exact) mass is 438 g/mol. The van der Waals surface area contributed by atoms with E-state index in [2.05, 4.69) is 20.5 Å². The van der Waals surface area contributed by atoms with E-state index in [0.29, 0.717) is 32.4 Å². The predicted octanol–water partition coefficient (Wildman–Crippen LogP) is 1.93. The van der Waals surface area contributed by atoms with Crippen molar-refractivity contribution in [2.75, 3.05) is 31.2 Å². The van der Waals surface area contributed by atoms with Crippen LogP contribution in [0.15, 0.2) is 42.9 Å². The van der Waals surface area contributed by atoms with Gasteiger partial charge in [-0.15, -0.1) is 5.10 Å². The zero-order valence-electron chi connectivity index (χ0n) is 16.1. The van der Waals surface area contributed by atoms with Crippen LogP contribution in [0.4, 0.5) is 23.2 Å². The van der Waals surface area contributed by atoms with E-state index in [1.807, 2.05) is 4.90 Å². The summed E-state index contributed by atoms with van der Waals surface area (Å²) in [5.74, 6) is -2.30. The first-order valence-corrected chi connectivity index (χ1v) is 9.38. The maximum Gasteiger partial charge on any atom is 0.273 e. The molecule has 2 atom stereocenters. The Hall–Kier alpha value is -3.12. The molecule has 2 aromatic heterocycles. The van der Waals surface area contributed by atoms with Crippen molar-refractivity contribution in [1.82, 2.24) is 25.2 Å². The van der Waals surface area contributed by atoms with Crippen molar-refractivity contribution in [3.05, 3.63) is 65.7 Å². The van der Waals surface area contributed by atoms with Gasteiger partial charge in [-0.2, -0.15) is 0 Å². The highest BCUT2D eigenvalue weighted by Gasteiger charge is 2.52. The van der Waals surface area contributed by atoms with Crippen LogP contribution >= 0.6 is 0 Å². The molecule has 0 radical (unpaired) electrons. The molecule has 1 saturated heterocycles. The van der Waals surface area contributed by atoms with E-state index in [1.165, 1.54) is 12.3 Å². The molecule has 12 heteroatoms. The molecule has 8 nitrogen and oxygen atoms in total. The number of morpholine rings is 1. The molecule has 0 aliphatic carbocycles. The Labute approximate surface area is 174 Å². The van der Waals surface area contributed by atoms with Crippen LogP contribution in [0.2, 0.25) is 0 Å². The second-order valence-corrected chi connectivity index (χ2v) is 6.98. The van der Waals surface area contributed by atoms with E-state index < -0.39 is 35.3 Å². The fourth-order valence-corrected chi connectivity index (χ4v) is 3.62. The van der Waals surface area contributed by atoms with Gasteiger partial charge in [0.05, 0.1) is 30.8 Å². The van der Waals surface area contributed by atoms with E-state index in [1.54, 1.807) is 6.07 Å². The molecule has 164 valence electrons. The van der Waals surface area contributed by atoms with Crippen LogP contribution in [0, 0.1) is 11.6 Å². The third-order valence-electron chi connectivity index (χ3n) is 5.17. The van der Waals surface area contributed by atoms with Crippen LogP contribution in [-0.2, 0) is 10.3 Å². The van der Waals surface area contributed by atoms with E-state index in [4.69, 9.17) is 4.74 Å². The Morgan fingerprint density at radius 1 is 1.10 bits per heavy atom. The summed E-state index contributed by atoms with van der Waals surface area (Å²) in [4.78, 5) is 6.25. The van der Waals surface area contributed by atoms with Gasteiger partial charge in [-0.3, -0.25) is 4.98 Å². The van der Waals surface area contributed by atoms with Gasteiger partial charge in [0.25, 0.3) is 6.43 Å². The molecule has 1 fully saturated rings. The molecule has 1 aromatic carbocycles. The molecule has 31 heavy (non-hydrogen) atoms. The molecule has 1 aliphatic rings. The second-order valence-electron chi connectivity index (χ2n) is 6.98. The molecular weight excluding hydrogens is 420 g/mol. The second kappa shape index (κ2) is 8.55. The minimum Gasteiger partial charge on any atom is -0.378 e. The summed E-state index contributed by atoms with van der Waals surface area (Å²) in [7, 11) is 0. The number of aliphatic hydroxyl groups is 1. The Morgan fingerprint density at radius 3 is 2.45 bits per heavy atom. The molecule has 1 aliphatic heterocycles. The van der Waals surface area contributed by atoms with Gasteiger partial charge in [-0.05, 0) is 34.7 Å². The third-order valence-corrected chi connectivity index (χ3v) is 5.17. The van der Waals surface area contributed by atoms with Gasteiger partial charge in [0.2, 0.25) is 0 Å². The zero-order valence-corrected chi connectivity index (χ0v) is 16.1. The fraction of sp³-hybridized carbons (Fsp3) is 0.368. The van der Waals surface area contributed by atoms with Crippen molar-refractivity contribution in [2.45, 2.75) is 18.1 Å². The number of hydrogen-bond donors (Lipinski definition) is 1. The van der Waals surface area contributed by atoms with E-state index in [0.717, 1.165) is 28.8 Å². The summed E-state index contributed by atoms with van der Waals surface area (Å²) in [5, 5.41) is 21.6. The maximum atomic E-state index is 14.5. The number of alkyl halides is 2. The Balaban J connectivity index is 1.80. The van der Waals surface area contributed by atoms with Crippen molar-refractivity contribution >= 4 is 5.69 Å². The van der Waals surface area contributed by atoms with E-state index in [9.17, 15) is 22.7 Å². The highest BCUT2D eigenvalue weighted by molar-refractivity contribution is 5.45. The van der Waals surface area contributed by atoms with Crippen LogP contribution in [-0.4, -0.2) is 63.0 Å². The summed E-state index contributed by atoms with van der Waals surface area (Å²) in [6.07, 6.45) is -1.01. The first kappa shape index (κ1) is 21.1. The first-order valence-electron chi connectivity index (χ1n) is 9.38. The Bertz CT molecular complexity index is 1010. The van der Waals surface area contributed by atoms with E-state index in [-0.39, 0.29) is 5.69 Å². The minimum atomic E-state index is -3.48. The number of rotatable bonds is 6. The minimum absolute atomic E-state index is 0.0316. The molecule has 3 aromatic rings. The molecular formula is C19H18F4N6O2. The van der Waals surface area contributed by atoms with Crippen molar-refractivity contribution in [3.63, 3.8) is 0 Å². The van der Waals surface area contributed by atoms with Crippen molar-refractivity contribution in [2.24, 2.45) is 0 Å². The summed E-state index contributed by atoms with van der Waals surface area (Å²) in [6.45, 7) is 2.37. The number of pyridine rings is 1. The number of anilines is 1. The third kappa shape index (κ3) is 3.95. The van der Waals surface area contributed by atoms with Gasteiger partial charge in [-0.1, -0.05) is 0 Å². The Kier molecular flexibility index (Phi) is 5.83. The maximum absolute atomic E-state index is 14.5. The zero-order chi connectivity index (χ0) is 22.0. The van der Waals surface area contributed by atoms with Gasteiger partial charge in [-0.25, -0.2) is 22.2 Å². The normalized spacial score (nSPS) is 17.5. The standard InChI is InChI=1S/C19H18F4N6O2/c20-12-1-3-14(15(21)9-12)19(30,18(22)23)17(29-11-25-26-27-29)16-4-2-13(10-24-16)28-5-7-31-8-6-28/h1-4,9-11,17-18,30H,5-8H2. The fourth-order valence-electron chi connectivity index (χ4n) is 3.62. The number of hydrogen-bond acceptors (Lipinski definition) is 7. The summed E-state index contributed by atoms with van der Waals surface area (Å²) < 4.78 is 62.7. The van der Waals surface area contributed by atoms with Crippen LogP contribution < -0.4 is 4.90 Å². The molecule has 0 bridgehead atoms. The lowest BCUT2D eigenvalue weighted by molar-refractivity contribution is -0.131. The molecule has 0 spiro atoms. The Morgan fingerprint density at radius 2 is 1.87 bits per heavy atom. The predicted molar refractivity (Wildman–Crippen MR) is 99.5 cm³/mol. The van der Waals surface area contributed by atoms with Gasteiger partial charge >= 0.3 is 0 Å². The number of benzene rings is 1. The van der Waals surface area contributed by atoms with Crippen molar-refractivity contribution in [1.29, 1.82) is 0 Å². The molecule has 0 saturated carbocycles. The van der Waals surface area contributed by atoms with Crippen molar-refractivity contribution in [3.8, 4) is 0 Å². The van der Waals surface area contributed by atoms with Gasteiger partial charge in [0, 0.05) is 24.7 Å². The van der Waals surface area contributed by atoms with Crippen LogP contribution in [0.1, 0.15) is 17.3 Å². The molecule has 4 rings (SSSR count). The summed E-state index contributed by atoms with van der Waals surface area (Å²) in [5.41, 5.74) is -3.24. The number of aromatic nitrogens is 5.